The third kappa shape index (κ3) is 4.32. The molecule has 3 rings (SSSR count). The van der Waals surface area contributed by atoms with Crippen LogP contribution in [-0.4, -0.2) is 44.7 Å². The topological polar surface area (TPSA) is 67.5 Å². The first kappa shape index (κ1) is 22.9. The minimum atomic E-state index is -1.26. The van der Waals surface area contributed by atoms with Crippen LogP contribution in [0.2, 0.25) is 5.02 Å². The normalized spacial score (nSPS) is 11.1. The molecule has 1 heterocycles. The van der Waals surface area contributed by atoms with E-state index in [-0.39, 0.29) is 29.0 Å². The predicted octanol–water partition coefficient (Wildman–Crippen LogP) is 4.05. The number of fused-ring (bicyclic) bond motifs is 1. The Morgan fingerprint density at radius 1 is 1.21 bits per heavy atom. The number of carboxylic acids is 1. The molecule has 0 saturated carbocycles. The van der Waals surface area contributed by atoms with Crippen LogP contribution in [0, 0.1) is 5.82 Å². The highest BCUT2D eigenvalue weighted by molar-refractivity contribution is 6.32. The summed E-state index contributed by atoms with van der Waals surface area (Å²) >= 11 is 6.25. The van der Waals surface area contributed by atoms with Crippen molar-refractivity contribution < 1.29 is 14.3 Å². The Hall–Kier alpha value is -2.35. The fraction of sp³-hybridized carbons (Fsp3) is 0.300. The molecule has 0 atom stereocenters. The Kier molecular flexibility index (Phi) is 7.46. The second kappa shape index (κ2) is 9.43. The smallest absolute Gasteiger partial charge is 0.335 e. The molecule has 0 radical (unpaired) electrons. The first-order valence-electron chi connectivity index (χ1n) is 9.04. The highest BCUT2D eigenvalue weighted by Gasteiger charge is 2.22. The van der Waals surface area contributed by atoms with Crippen LogP contribution in [0.1, 0.15) is 24.2 Å². The van der Waals surface area contributed by atoms with Crippen LogP contribution in [0.3, 0.4) is 0 Å². The van der Waals surface area contributed by atoms with Gasteiger partial charge in [-0.1, -0.05) is 37.6 Å². The fourth-order valence-electron chi connectivity index (χ4n) is 3.31. The highest BCUT2D eigenvalue weighted by Crippen LogP contribution is 2.26. The van der Waals surface area contributed by atoms with Crippen molar-refractivity contribution in [3.8, 4) is 5.69 Å². The predicted molar refractivity (Wildman–Crippen MR) is 114 cm³/mol. The molecule has 0 fully saturated rings. The summed E-state index contributed by atoms with van der Waals surface area (Å²) in [6.45, 7) is 6.53. The fourth-order valence-corrected chi connectivity index (χ4v) is 3.53. The van der Waals surface area contributed by atoms with Gasteiger partial charge >= 0.3 is 11.7 Å². The van der Waals surface area contributed by atoms with Gasteiger partial charge in [0.2, 0.25) is 0 Å². The number of imidazole rings is 1. The Balaban J connectivity index is 0.00000300. The largest absolute Gasteiger partial charge is 0.478 e. The summed E-state index contributed by atoms with van der Waals surface area (Å²) in [7, 11) is 0. The number of hydrogen-bond acceptors (Lipinski definition) is 3. The third-order valence-electron chi connectivity index (χ3n) is 4.85. The summed E-state index contributed by atoms with van der Waals surface area (Å²) in [5, 5.41) is 9.60. The minimum Gasteiger partial charge on any atom is -0.478 e. The maximum atomic E-state index is 14.9. The highest BCUT2D eigenvalue weighted by atomic mass is 35.5. The Morgan fingerprint density at radius 2 is 1.86 bits per heavy atom. The number of aromatic nitrogens is 2. The first-order valence-corrected chi connectivity index (χ1v) is 9.42. The molecule has 0 spiro atoms. The zero-order valence-electron chi connectivity index (χ0n) is 16.1. The second-order valence-corrected chi connectivity index (χ2v) is 6.79. The maximum Gasteiger partial charge on any atom is 0.335 e. The van der Waals surface area contributed by atoms with E-state index in [0.717, 1.165) is 19.2 Å². The molecular weight excluding hydrogens is 420 g/mol. The number of rotatable bonds is 7. The van der Waals surface area contributed by atoms with Crippen molar-refractivity contribution in [3.05, 3.63) is 63.3 Å². The van der Waals surface area contributed by atoms with Gasteiger partial charge in [-0.15, -0.1) is 12.4 Å². The average molecular weight is 442 g/mol. The van der Waals surface area contributed by atoms with E-state index >= 15 is 0 Å². The standard InChI is InChI=1S/C20H21ClFN3O3.ClH/c1-3-23(4-2)9-10-24-17-12-13(19(26)27)11-15(22)18(17)25(20(24)28)16-8-6-5-7-14(16)21;/h5-8,11-12H,3-4,9-10H2,1-2H3,(H,26,27);1H. The summed E-state index contributed by atoms with van der Waals surface area (Å²) in [5.41, 5.74) is -0.0746. The zero-order chi connectivity index (χ0) is 20.4. The van der Waals surface area contributed by atoms with Gasteiger partial charge in [0.05, 0.1) is 21.8 Å². The molecule has 0 bridgehead atoms. The lowest BCUT2D eigenvalue weighted by atomic mass is 10.2. The molecule has 29 heavy (non-hydrogen) atoms. The van der Waals surface area contributed by atoms with Crippen LogP contribution >= 0.6 is 24.0 Å². The van der Waals surface area contributed by atoms with Crippen LogP contribution in [0.25, 0.3) is 16.7 Å². The van der Waals surface area contributed by atoms with Crippen LogP contribution in [0.15, 0.2) is 41.2 Å². The molecule has 0 saturated heterocycles. The summed E-state index contributed by atoms with van der Waals surface area (Å²) in [5.74, 6) is -2.04. The molecule has 2 aromatic carbocycles. The van der Waals surface area contributed by atoms with Crippen LogP contribution < -0.4 is 5.69 Å². The van der Waals surface area contributed by atoms with Crippen molar-refractivity contribution in [1.82, 2.24) is 14.0 Å². The van der Waals surface area contributed by atoms with E-state index in [4.69, 9.17) is 11.6 Å². The van der Waals surface area contributed by atoms with E-state index in [0.29, 0.717) is 23.8 Å². The molecule has 6 nitrogen and oxygen atoms in total. The van der Waals surface area contributed by atoms with E-state index in [2.05, 4.69) is 4.90 Å². The average Bonchev–Trinajstić information content (AvgIpc) is 2.95. The van der Waals surface area contributed by atoms with Crippen molar-refractivity contribution in [2.24, 2.45) is 0 Å². The number of nitrogens with zero attached hydrogens (tertiary/aromatic N) is 3. The lowest BCUT2D eigenvalue weighted by Gasteiger charge is -2.18. The molecule has 1 N–H and O–H groups in total. The lowest BCUT2D eigenvalue weighted by Crippen LogP contribution is -2.31. The first-order chi connectivity index (χ1) is 13.4. The number of benzene rings is 2. The second-order valence-electron chi connectivity index (χ2n) is 6.38. The van der Waals surface area contributed by atoms with Crippen LogP contribution in [-0.2, 0) is 6.54 Å². The van der Waals surface area contributed by atoms with Gasteiger partial charge in [0.1, 0.15) is 11.3 Å². The van der Waals surface area contributed by atoms with E-state index < -0.39 is 17.5 Å². The lowest BCUT2D eigenvalue weighted by molar-refractivity contribution is 0.0696. The van der Waals surface area contributed by atoms with Crippen molar-refractivity contribution in [1.29, 1.82) is 0 Å². The molecule has 0 aliphatic rings. The van der Waals surface area contributed by atoms with Gasteiger partial charge in [0, 0.05) is 13.1 Å². The monoisotopic (exact) mass is 441 g/mol. The number of likely N-dealkylation sites (N-methyl/N-ethyl adjacent to an activating group) is 1. The quantitative estimate of drug-likeness (QED) is 0.600. The number of aromatic carboxylic acids is 1. The minimum absolute atomic E-state index is 0. The molecule has 156 valence electrons. The van der Waals surface area contributed by atoms with Crippen molar-refractivity contribution >= 4 is 41.0 Å². The van der Waals surface area contributed by atoms with Gasteiger partial charge in [-0.2, -0.15) is 0 Å². The molecule has 1 aromatic heterocycles. The van der Waals surface area contributed by atoms with Gasteiger partial charge in [-0.05, 0) is 37.4 Å². The number of hydrogen-bond donors (Lipinski definition) is 1. The molecule has 3 aromatic rings. The number of carbonyl (C=O) groups is 1. The summed E-state index contributed by atoms with van der Waals surface area (Å²) in [6.07, 6.45) is 0. The summed E-state index contributed by atoms with van der Waals surface area (Å²) in [4.78, 5) is 26.7. The van der Waals surface area contributed by atoms with Crippen LogP contribution in [0.5, 0.6) is 0 Å². The zero-order valence-corrected chi connectivity index (χ0v) is 17.6. The summed E-state index contributed by atoms with van der Waals surface area (Å²) < 4.78 is 17.5. The molecule has 0 aliphatic heterocycles. The Morgan fingerprint density at radius 3 is 2.45 bits per heavy atom. The molecule has 0 unspecified atom stereocenters. The Bertz CT molecular complexity index is 1090. The van der Waals surface area contributed by atoms with Gasteiger partial charge in [-0.3, -0.25) is 9.13 Å². The van der Waals surface area contributed by atoms with Crippen molar-refractivity contribution in [2.45, 2.75) is 20.4 Å². The summed E-state index contributed by atoms with van der Waals surface area (Å²) in [6, 6.07) is 8.92. The molecule has 0 amide bonds. The van der Waals surface area contributed by atoms with Gasteiger partial charge in [-0.25, -0.2) is 14.0 Å². The van der Waals surface area contributed by atoms with Crippen molar-refractivity contribution in [2.75, 3.05) is 19.6 Å². The van der Waals surface area contributed by atoms with Gasteiger partial charge < -0.3 is 10.0 Å². The van der Waals surface area contributed by atoms with E-state index in [1.807, 2.05) is 13.8 Å². The third-order valence-corrected chi connectivity index (χ3v) is 5.17. The van der Waals surface area contributed by atoms with Crippen LogP contribution in [0.4, 0.5) is 4.39 Å². The van der Waals surface area contributed by atoms with Crippen molar-refractivity contribution in [3.63, 3.8) is 0 Å². The maximum absolute atomic E-state index is 14.9. The van der Waals surface area contributed by atoms with E-state index in [1.165, 1.54) is 15.2 Å². The Labute approximate surface area is 178 Å². The van der Waals surface area contributed by atoms with E-state index in [9.17, 15) is 19.1 Å². The number of carboxylic acid groups (broad SMARTS) is 1. The molecule has 9 heteroatoms. The number of para-hydroxylation sites is 1. The molecular formula is C20H22Cl2FN3O3. The van der Waals surface area contributed by atoms with E-state index in [1.54, 1.807) is 24.3 Å². The molecule has 0 aliphatic carbocycles. The number of halogens is 3. The van der Waals surface area contributed by atoms with Gasteiger partial charge in [0.25, 0.3) is 0 Å². The van der Waals surface area contributed by atoms with Gasteiger partial charge in [0.15, 0.2) is 0 Å². The SMILES string of the molecule is CCN(CC)CCn1c(=O)n(-c2ccccc2Cl)c2c(F)cc(C(=O)O)cc21.Cl.